The first-order valence-electron chi connectivity index (χ1n) is 13.5. The summed E-state index contributed by atoms with van der Waals surface area (Å²) in [5.41, 5.74) is 4.23. The molecule has 0 spiro atoms. The van der Waals surface area contributed by atoms with E-state index in [1.54, 1.807) is 0 Å². The normalized spacial score (nSPS) is 9.95. The Morgan fingerprint density at radius 3 is 1.20 bits per heavy atom. The minimum Gasteiger partial charge on any atom is -0.352 e. The predicted octanol–water partition coefficient (Wildman–Crippen LogP) is 4.14. The van der Waals surface area contributed by atoms with Gasteiger partial charge in [-0.1, -0.05) is 84.9 Å². The summed E-state index contributed by atoms with van der Waals surface area (Å²) >= 11 is 0. The van der Waals surface area contributed by atoms with E-state index in [1.165, 1.54) is 13.8 Å². The molecule has 0 unspecified atom stereocenters. The van der Waals surface area contributed by atoms with Crippen LogP contribution in [0.25, 0.3) is 0 Å². The second-order valence-electron chi connectivity index (χ2n) is 9.37. The summed E-state index contributed by atoms with van der Waals surface area (Å²) in [6, 6.07) is 27.4. The second kappa shape index (κ2) is 18.7. The van der Waals surface area contributed by atoms with Gasteiger partial charge in [-0.25, -0.2) is 0 Å². The van der Waals surface area contributed by atoms with Gasteiger partial charge in [-0.15, -0.1) is 0 Å². The molecule has 4 N–H and O–H groups in total. The Morgan fingerprint density at radius 2 is 0.825 bits per heavy atom. The molecular formula is C32H40N4O4. The molecule has 0 aliphatic rings. The average Bonchev–Trinajstić information content (AvgIpc) is 2.97. The van der Waals surface area contributed by atoms with Crippen molar-refractivity contribution < 1.29 is 19.2 Å². The number of nitrogens with one attached hydrogen (secondary N) is 4. The highest BCUT2D eigenvalue weighted by Crippen LogP contribution is 2.05. The van der Waals surface area contributed by atoms with Crippen molar-refractivity contribution in [2.75, 3.05) is 0 Å². The highest BCUT2D eigenvalue weighted by molar-refractivity contribution is 5.77. The van der Waals surface area contributed by atoms with Crippen molar-refractivity contribution >= 4 is 23.6 Å². The molecular weight excluding hydrogens is 504 g/mol. The van der Waals surface area contributed by atoms with Crippen molar-refractivity contribution in [1.29, 1.82) is 0 Å². The molecule has 0 bridgehead atoms. The van der Waals surface area contributed by atoms with Gasteiger partial charge in [-0.05, 0) is 35.1 Å². The maximum atomic E-state index is 11.8. The van der Waals surface area contributed by atoms with E-state index in [4.69, 9.17) is 0 Å². The van der Waals surface area contributed by atoms with Gasteiger partial charge in [0, 0.05) is 52.9 Å². The van der Waals surface area contributed by atoms with Gasteiger partial charge in [0.25, 0.3) is 0 Å². The first kappa shape index (κ1) is 31.8. The highest BCUT2D eigenvalue weighted by Gasteiger charge is 2.04. The van der Waals surface area contributed by atoms with E-state index >= 15 is 0 Å². The molecule has 0 heterocycles. The lowest BCUT2D eigenvalue weighted by atomic mass is 10.1. The Kier molecular flexibility index (Phi) is 14.9. The van der Waals surface area contributed by atoms with Gasteiger partial charge < -0.3 is 21.3 Å². The van der Waals surface area contributed by atoms with Gasteiger partial charge in [0.2, 0.25) is 23.6 Å². The van der Waals surface area contributed by atoms with Gasteiger partial charge >= 0.3 is 0 Å². The van der Waals surface area contributed by atoms with Crippen molar-refractivity contribution in [2.45, 2.75) is 65.7 Å². The van der Waals surface area contributed by atoms with E-state index in [-0.39, 0.29) is 23.6 Å². The zero-order valence-corrected chi connectivity index (χ0v) is 23.4. The van der Waals surface area contributed by atoms with Gasteiger partial charge in [0.15, 0.2) is 0 Å². The highest BCUT2D eigenvalue weighted by atomic mass is 16.2. The molecule has 8 heteroatoms. The van der Waals surface area contributed by atoms with Crippen LogP contribution < -0.4 is 21.3 Å². The van der Waals surface area contributed by atoms with Gasteiger partial charge in [-0.2, -0.15) is 0 Å². The van der Waals surface area contributed by atoms with E-state index in [0.29, 0.717) is 39.0 Å². The van der Waals surface area contributed by atoms with E-state index < -0.39 is 0 Å². The first-order valence-corrected chi connectivity index (χ1v) is 13.5. The molecule has 8 nitrogen and oxygen atoms in total. The predicted molar refractivity (Wildman–Crippen MR) is 157 cm³/mol. The fraction of sp³-hybridized carbons (Fsp3) is 0.312. The van der Waals surface area contributed by atoms with Crippen molar-refractivity contribution in [3.63, 3.8) is 0 Å². The molecule has 0 aromatic heterocycles. The summed E-state index contributed by atoms with van der Waals surface area (Å²) in [4.78, 5) is 45.0. The lowest BCUT2D eigenvalue weighted by Crippen LogP contribution is -2.23. The summed E-state index contributed by atoms with van der Waals surface area (Å²) in [6.45, 7) is 5.11. The van der Waals surface area contributed by atoms with Crippen molar-refractivity contribution in [3.8, 4) is 0 Å². The van der Waals surface area contributed by atoms with Crippen LogP contribution >= 0.6 is 0 Å². The Labute approximate surface area is 237 Å². The number of carbonyl (C=O) groups is 4. The summed E-state index contributed by atoms with van der Waals surface area (Å²) in [7, 11) is 0. The van der Waals surface area contributed by atoms with E-state index in [1.807, 2.05) is 84.9 Å². The molecule has 3 aromatic carbocycles. The summed E-state index contributed by atoms with van der Waals surface area (Å²) in [5.74, 6) is -0.0355. The zero-order chi connectivity index (χ0) is 29.0. The molecule has 0 aliphatic heterocycles. The molecule has 0 atom stereocenters. The van der Waals surface area contributed by atoms with Crippen LogP contribution in [0.3, 0.4) is 0 Å². The Balaban J connectivity index is 0.000000305. The smallest absolute Gasteiger partial charge is 0.220 e. The number of rotatable bonds is 13. The number of benzene rings is 3. The molecule has 4 amide bonds. The lowest BCUT2D eigenvalue weighted by Gasteiger charge is -2.06. The monoisotopic (exact) mass is 544 g/mol. The summed E-state index contributed by atoms with van der Waals surface area (Å²) in [6.07, 6.45) is 2.36. The number of amides is 4. The topological polar surface area (TPSA) is 116 Å². The molecule has 0 saturated heterocycles. The van der Waals surface area contributed by atoms with Crippen LogP contribution in [0, 0.1) is 0 Å². The maximum absolute atomic E-state index is 11.8. The lowest BCUT2D eigenvalue weighted by molar-refractivity contribution is -0.123. The number of carbonyl (C=O) groups excluding carboxylic acids is 4. The van der Waals surface area contributed by atoms with Crippen LogP contribution in [0.5, 0.6) is 0 Å². The summed E-state index contributed by atoms with van der Waals surface area (Å²) < 4.78 is 0. The largest absolute Gasteiger partial charge is 0.352 e. The summed E-state index contributed by atoms with van der Waals surface area (Å²) in [5, 5.41) is 11.2. The number of unbranched alkanes of at least 4 members (excludes halogenated alkanes) is 1. The van der Waals surface area contributed by atoms with Crippen LogP contribution in [0.1, 0.15) is 61.8 Å². The Bertz CT molecular complexity index is 1110. The molecule has 0 fully saturated rings. The SMILES string of the molecule is CC(=O)NCc1cccc(CNC(C)=O)c1.O=C(CCCCC(=O)NCc1ccccc1)NCc1ccccc1. The van der Waals surface area contributed by atoms with E-state index in [2.05, 4.69) is 21.3 Å². The molecule has 0 radical (unpaired) electrons. The second-order valence-corrected chi connectivity index (χ2v) is 9.37. The minimum atomic E-state index is -0.0488. The van der Waals surface area contributed by atoms with Crippen LogP contribution in [0.4, 0.5) is 0 Å². The van der Waals surface area contributed by atoms with Gasteiger partial charge in [-0.3, -0.25) is 19.2 Å². The standard InChI is InChI=1S/C20H24N2O2.C12H16N2O2/c23-19(21-15-17-9-3-1-4-10-17)13-7-8-14-20(24)22-16-18-11-5-2-6-12-18;1-9(15)13-7-11-4-3-5-12(6-11)8-14-10(2)16/h1-6,9-12H,7-8,13-16H2,(H,21,23)(H,22,24);3-6H,7-8H2,1-2H3,(H,13,15)(H,14,16). The minimum absolute atomic E-state index is 0.0311. The Morgan fingerprint density at radius 1 is 0.475 bits per heavy atom. The van der Waals surface area contributed by atoms with Crippen molar-refractivity contribution in [2.24, 2.45) is 0 Å². The van der Waals surface area contributed by atoms with Crippen LogP contribution in [0.2, 0.25) is 0 Å². The quantitative estimate of drug-likeness (QED) is 0.242. The molecule has 3 aromatic rings. The fourth-order valence-corrected chi connectivity index (χ4v) is 3.64. The molecule has 0 saturated carbocycles. The maximum Gasteiger partial charge on any atom is 0.220 e. The number of hydrogen-bond acceptors (Lipinski definition) is 4. The number of hydrogen-bond donors (Lipinski definition) is 4. The van der Waals surface area contributed by atoms with Crippen LogP contribution in [-0.4, -0.2) is 23.6 Å². The third-order valence-electron chi connectivity index (χ3n) is 5.80. The van der Waals surface area contributed by atoms with Crippen LogP contribution in [0.15, 0.2) is 84.9 Å². The van der Waals surface area contributed by atoms with Gasteiger partial charge in [0.1, 0.15) is 0 Å². The zero-order valence-electron chi connectivity index (χ0n) is 23.4. The molecule has 40 heavy (non-hydrogen) atoms. The van der Waals surface area contributed by atoms with E-state index in [9.17, 15) is 19.2 Å². The third kappa shape index (κ3) is 15.1. The third-order valence-corrected chi connectivity index (χ3v) is 5.80. The molecule has 0 aliphatic carbocycles. The van der Waals surface area contributed by atoms with Crippen molar-refractivity contribution in [1.82, 2.24) is 21.3 Å². The van der Waals surface area contributed by atoms with E-state index in [0.717, 1.165) is 35.1 Å². The Hall–Kier alpha value is -4.46. The first-order chi connectivity index (χ1) is 19.3. The van der Waals surface area contributed by atoms with Crippen molar-refractivity contribution in [3.05, 3.63) is 107 Å². The fourth-order valence-electron chi connectivity index (χ4n) is 3.64. The van der Waals surface area contributed by atoms with Gasteiger partial charge in [0.05, 0.1) is 0 Å². The molecule has 212 valence electrons. The van der Waals surface area contributed by atoms with Crippen LogP contribution in [-0.2, 0) is 45.4 Å². The molecule has 3 rings (SSSR count). The average molecular weight is 545 g/mol.